The van der Waals surface area contributed by atoms with E-state index in [9.17, 15) is 0 Å². The van der Waals surface area contributed by atoms with Crippen LogP contribution in [0.15, 0.2) is 18.2 Å². The molecule has 0 amide bonds. The van der Waals surface area contributed by atoms with Crippen LogP contribution in [0.5, 0.6) is 0 Å². The summed E-state index contributed by atoms with van der Waals surface area (Å²) in [5.74, 6) is 0. The fourth-order valence-corrected chi connectivity index (χ4v) is 3.34. The van der Waals surface area contributed by atoms with Crippen LogP contribution in [0.1, 0.15) is 19.4 Å². The Morgan fingerprint density at radius 1 is 1.35 bits per heavy atom. The summed E-state index contributed by atoms with van der Waals surface area (Å²) in [6.45, 7) is 6.07. The molecule has 1 aromatic rings. The van der Waals surface area contributed by atoms with Crippen molar-refractivity contribution < 1.29 is 4.74 Å². The van der Waals surface area contributed by atoms with Gasteiger partial charge in [-0.05, 0) is 26.0 Å². The van der Waals surface area contributed by atoms with Crippen molar-refractivity contribution in [2.24, 2.45) is 0 Å². The molecule has 0 radical (unpaired) electrons. The Hall–Kier alpha value is -0.250. The van der Waals surface area contributed by atoms with Gasteiger partial charge in [-0.25, -0.2) is 0 Å². The molecule has 1 saturated heterocycles. The Morgan fingerprint density at radius 2 is 2.00 bits per heavy atom. The lowest BCUT2D eigenvalue weighted by molar-refractivity contribution is -0.00524. The van der Waals surface area contributed by atoms with Gasteiger partial charge < -0.3 is 9.64 Å². The zero-order valence-corrected chi connectivity index (χ0v) is 12.5. The average molecular weight is 319 g/mol. The maximum atomic E-state index is 6.23. The molecule has 17 heavy (non-hydrogen) atoms. The summed E-state index contributed by atoms with van der Waals surface area (Å²) in [6.07, 6.45) is 0.529. The van der Waals surface area contributed by atoms with Crippen molar-refractivity contribution in [2.45, 2.75) is 31.4 Å². The van der Waals surface area contributed by atoms with E-state index in [0.29, 0.717) is 0 Å². The molecule has 0 bridgehead atoms. The molecule has 1 aliphatic heterocycles. The van der Waals surface area contributed by atoms with Gasteiger partial charge >= 0.3 is 0 Å². The van der Waals surface area contributed by atoms with Crippen molar-refractivity contribution in [1.82, 2.24) is 0 Å². The molecule has 1 heterocycles. The van der Waals surface area contributed by atoms with Crippen LogP contribution in [0.25, 0.3) is 0 Å². The van der Waals surface area contributed by atoms with Gasteiger partial charge in [-0.15, -0.1) is 0 Å². The van der Waals surface area contributed by atoms with Gasteiger partial charge in [0.25, 0.3) is 0 Å². The summed E-state index contributed by atoms with van der Waals surface area (Å²) < 4.78 is 5.76. The summed E-state index contributed by atoms with van der Waals surface area (Å²) in [6, 6.07) is 6.08. The van der Waals surface area contributed by atoms with E-state index in [0.717, 1.165) is 29.0 Å². The molecule has 94 valence electrons. The molecule has 2 nitrogen and oxygen atoms in total. The van der Waals surface area contributed by atoms with Crippen LogP contribution < -0.4 is 4.90 Å². The molecule has 1 fully saturated rings. The van der Waals surface area contributed by atoms with Crippen LogP contribution in [0.4, 0.5) is 5.69 Å². The number of benzene rings is 1. The highest BCUT2D eigenvalue weighted by atomic mass is 79.9. The minimum Gasteiger partial charge on any atom is -0.372 e. The number of hydrogen-bond donors (Lipinski definition) is 0. The molecule has 0 unspecified atom stereocenters. The first-order valence-electron chi connectivity index (χ1n) is 5.85. The lowest BCUT2D eigenvalue weighted by atomic mass is 10.1. The van der Waals surface area contributed by atoms with Crippen molar-refractivity contribution >= 4 is 33.2 Å². The Labute approximate surface area is 116 Å². The Bertz CT molecular complexity index is 389. The molecule has 4 heteroatoms. The lowest BCUT2D eigenvalue weighted by Gasteiger charge is -2.37. The van der Waals surface area contributed by atoms with Crippen molar-refractivity contribution in [3.8, 4) is 0 Å². The van der Waals surface area contributed by atoms with Crippen molar-refractivity contribution in [3.63, 3.8) is 0 Å². The van der Waals surface area contributed by atoms with Gasteiger partial charge in [-0.2, -0.15) is 0 Å². The maximum absolute atomic E-state index is 6.23. The second-order valence-electron chi connectivity index (χ2n) is 4.53. The Morgan fingerprint density at radius 3 is 2.59 bits per heavy atom. The van der Waals surface area contributed by atoms with Crippen LogP contribution in [0.3, 0.4) is 0 Å². The highest BCUT2D eigenvalue weighted by Crippen LogP contribution is 2.31. The quantitative estimate of drug-likeness (QED) is 0.768. The number of anilines is 1. The Balaban J connectivity index is 2.30. The van der Waals surface area contributed by atoms with Gasteiger partial charge in [0.2, 0.25) is 0 Å². The number of alkyl halides is 1. The second kappa shape index (κ2) is 5.59. The van der Waals surface area contributed by atoms with E-state index in [-0.39, 0.29) is 12.2 Å². The zero-order valence-electron chi connectivity index (χ0n) is 10.1. The van der Waals surface area contributed by atoms with E-state index in [2.05, 4.69) is 40.7 Å². The van der Waals surface area contributed by atoms with E-state index in [4.69, 9.17) is 16.3 Å². The smallest absolute Gasteiger partial charge is 0.0726 e. The highest BCUT2D eigenvalue weighted by Gasteiger charge is 2.24. The summed E-state index contributed by atoms with van der Waals surface area (Å²) >= 11 is 9.75. The first kappa shape index (κ1) is 13.2. The average Bonchev–Trinajstić information content (AvgIpc) is 2.27. The van der Waals surface area contributed by atoms with E-state index < -0.39 is 0 Å². The van der Waals surface area contributed by atoms with Gasteiger partial charge in [-0.1, -0.05) is 33.6 Å². The maximum Gasteiger partial charge on any atom is 0.0726 e. The predicted molar refractivity (Wildman–Crippen MR) is 76.3 cm³/mol. The van der Waals surface area contributed by atoms with Crippen molar-refractivity contribution in [1.29, 1.82) is 0 Å². The normalized spacial score (nSPS) is 25.1. The van der Waals surface area contributed by atoms with Crippen molar-refractivity contribution in [2.75, 3.05) is 18.0 Å². The molecule has 2 atom stereocenters. The Kier molecular flexibility index (Phi) is 4.34. The van der Waals surface area contributed by atoms with Gasteiger partial charge in [0, 0.05) is 34.7 Å². The molecule has 0 aromatic heterocycles. The predicted octanol–water partition coefficient (Wildman–Crippen LogP) is 3.85. The molecule has 0 aliphatic carbocycles. The standard InChI is InChI=1S/C13H17BrClNO/c1-9-7-16(8-10(2)17-9)13-5-3-4-12(15)11(13)6-14/h3-5,9-10H,6-8H2,1-2H3/t9-,10+. The molecule has 1 aromatic carbocycles. The topological polar surface area (TPSA) is 12.5 Å². The minimum absolute atomic E-state index is 0.265. The number of rotatable bonds is 2. The number of hydrogen-bond acceptors (Lipinski definition) is 2. The van der Waals surface area contributed by atoms with Crippen LogP contribution in [0, 0.1) is 0 Å². The lowest BCUT2D eigenvalue weighted by Crippen LogP contribution is -2.45. The van der Waals surface area contributed by atoms with Crippen molar-refractivity contribution in [3.05, 3.63) is 28.8 Å². The van der Waals surface area contributed by atoms with Crippen LogP contribution in [-0.2, 0) is 10.1 Å². The fourth-order valence-electron chi connectivity index (χ4n) is 2.35. The molecular weight excluding hydrogens is 302 g/mol. The van der Waals surface area contributed by atoms with E-state index in [1.165, 1.54) is 5.69 Å². The first-order chi connectivity index (χ1) is 8.11. The van der Waals surface area contributed by atoms with E-state index in [1.807, 2.05) is 12.1 Å². The third-order valence-corrected chi connectivity index (χ3v) is 3.90. The molecule has 0 spiro atoms. The number of nitrogens with zero attached hydrogens (tertiary/aromatic N) is 1. The van der Waals surface area contributed by atoms with Gasteiger partial charge in [0.05, 0.1) is 12.2 Å². The number of morpholine rings is 1. The van der Waals surface area contributed by atoms with Crippen LogP contribution in [-0.4, -0.2) is 25.3 Å². The number of halogens is 2. The van der Waals surface area contributed by atoms with Gasteiger partial charge in [0.1, 0.15) is 0 Å². The molecule has 0 N–H and O–H groups in total. The third-order valence-electron chi connectivity index (χ3n) is 2.99. The summed E-state index contributed by atoms with van der Waals surface area (Å²) in [5.41, 5.74) is 2.38. The second-order valence-corrected chi connectivity index (χ2v) is 5.50. The molecule has 0 saturated carbocycles. The van der Waals surface area contributed by atoms with E-state index >= 15 is 0 Å². The number of ether oxygens (including phenoxy) is 1. The van der Waals surface area contributed by atoms with Gasteiger partial charge in [-0.3, -0.25) is 0 Å². The highest BCUT2D eigenvalue weighted by molar-refractivity contribution is 9.08. The monoisotopic (exact) mass is 317 g/mol. The molecule has 1 aliphatic rings. The summed E-state index contributed by atoms with van der Waals surface area (Å²) in [7, 11) is 0. The SMILES string of the molecule is C[C@@H]1CN(c2cccc(Cl)c2CBr)C[C@H](C)O1. The van der Waals surface area contributed by atoms with E-state index in [1.54, 1.807) is 0 Å². The van der Waals surface area contributed by atoms with Gasteiger partial charge in [0.15, 0.2) is 0 Å². The largest absolute Gasteiger partial charge is 0.372 e. The van der Waals surface area contributed by atoms with Crippen LogP contribution >= 0.6 is 27.5 Å². The summed E-state index contributed by atoms with van der Waals surface area (Å²) in [4.78, 5) is 2.36. The minimum atomic E-state index is 0.265. The molecule has 2 rings (SSSR count). The molecular formula is C13H17BrClNO. The first-order valence-corrected chi connectivity index (χ1v) is 7.35. The zero-order chi connectivity index (χ0) is 12.4. The fraction of sp³-hybridized carbons (Fsp3) is 0.538. The summed E-state index contributed by atoms with van der Waals surface area (Å²) in [5, 5.41) is 1.61. The third kappa shape index (κ3) is 2.95. The van der Waals surface area contributed by atoms with Crippen LogP contribution in [0.2, 0.25) is 5.02 Å².